The molecule has 0 amide bonds. The molecule has 0 aromatic rings. The molecule has 64 valence electrons. The standard InChI is InChI=1S/C8H15NO2/c1-9-5-2-3-8(4-6-9)11-7-10/h7-8H,2-6H2,1H3/t8-/m1/s1. The molecule has 1 fully saturated rings. The van der Waals surface area contributed by atoms with Crippen molar-refractivity contribution in [2.24, 2.45) is 0 Å². The van der Waals surface area contributed by atoms with Gasteiger partial charge in [-0.05, 0) is 32.9 Å². The molecule has 1 rings (SSSR count). The van der Waals surface area contributed by atoms with Crippen molar-refractivity contribution in [1.29, 1.82) is 0 Å². The van der Waals surface area contributed by atoms with Crippen LogP contribution in [0.5, 0.6) is 0 Å². The topological polar surface area (TPSA) is 29.5 Å². The van der Waals surface area contributed by atoms with Crippen molar-refractivity contribution < 1.29 is 9.53 Å². The van der Waals surface area contributed by atoms with E-state index < -0.39 is 0 Å². The predicted octanol–water partition coefficient (Wildman–Crippen LogP) is 0.644. The van der Waals surface area contributed by atoms with Crippen LogP contribution in [0.3, 0.4) is 0 Å². The molecule has 1 aliphatic rings. The van der Waals surface area contributed by atoms with Crippen LogP contribution in [-0.4, -0.2) is 37.6 Å². The molecule has 0 aromatic carbocycles. The Morgan fingerprint density at radius 2 is 2.27 bits per heavy atom. The molecule has 0 radical (unpaired) electrons. The lowest BCUT2D eigenvalue weighted by atomic mass is 10.2. The highest BCUT2D eigenvalue weighted by Gasteiger charge is 2.14. The van der Waals surface area contributed by atoms with Gasteiger partial charge in [-0.15, -0.1) is 0 Å². The van der Waals surface area contributed by atoms with E-state index in [-0.39, 0.29) is 6.10 Å². The highest BCUT2D eigenvalue weighted by molar-refractivity contribution is 5.37. The molecule has 1 atom stereocenters. The molecule has 0 aromatic heterocycles. The van der Waals surface area contributed by atoms with Gasteiger partial charge >= 0.3 is 0 Å². The van der Waals surface area contributed by atoms with Crippen molar-refractivity contribution in [1.82, 2.24) is 4.90 Å². The van der Waals surface area contributed by atoms with Crippen LogP contribution in [-0.2, 0) is 9.53 Å². The summed E-state index contributed by atoms with van der Waals surface area (Å²) in [5.41, 5.74) is 0. The summed E-state index contributed by atoms with van der Waals surface area (Å²) in [5.74, 6) is 0. The summed E-state index contributed by atoms with van der Waals surface area (Å²) >= 11 is 0. The molecule has 0 aliphatic carbocycles. The van der Waals surface area contributed by atoms with Crippen molar-refractivity contribution >= 4 is 6.47 Å². The molecule has 1 heterocycles. The van der Waals surface area contributed by atoms with Gasteiger partial charge in [0.25, 0.3) is 6.47 Å². The molecule has 0 N–H and O–H groups in total. The molecular weight excluding hydrogens is 142 g/mol. The maximum Gasteiger partial charge on any atom is 0.293 e. The Bertz CT molecular complexity index is 127. The van der Waals surface area contributed by atoms with Gasteiger partial charge in [-0.25, -0.2) is 0 Å². The normalized spacial score (nSPS) is 27.5. The first-order valence-electron chi connectivity index (χ1n) is 4.10. The largest absolute Gasteiger partial charge is 0.465 e. The summed E-state index contributed by atoms with van der Waals surface area (Å²) in [4.78, 5) is 12.3. The number of ether oxygens (including phenoxy) is 1. The fourth-order valence-corrected chi connectivity index (χ4v) is 1.42. The van der Waals surface area contributed by atoms with E-state index in [4.69, 9.17) is 4.74 Å². The molecule has 0 spiro atoms. The Morgan fingerprint density at radius 1 is 1.45 bits per heavy atom. The fraction of sp³-hybridized carbons (Fsp3) is 0.875. The summed E-state index contributed by atoms with van der Waals surface area (Å²) in [6.45, 7) is 2.73. The molecule has 3 nitrogen and oxygen atoms in total. The van der Waals surface area contributed by atoms with E-state index in [0.29, 0.717) is 6.47 Å². The smallest absolute Gasteiger partial charge is 0.293 e. The lowest BCUT2D eigenvalue weighted by molar-refractivity contribution is -0.133. The Balaban J connectivity index is 2.27. The third-order valence-corrected chi connectivity index (χ3v) is 2.15. The van der Waals surface area contributed by atoms with Gasteiger partial charge < -0.3 is 9.64 Å². The van der Waals surface area contributed by atoms with E-state index in [1.807, 2.05) is 0 Å². The number of likely N-dealkylation sites (tertiary alicyclic amines) is 1. The quantitative estimate of drug-likeness (QED) is 0.551. The molecule has 0 unspecified atom stereocenters. The first-order chi connectivity index (χ1) is 5.33. The monoisotopic (exact) mass is 157 g/mol. The first-order valence-corrected chi connectivity index (χ1v) is 4.10. The van der Waals surface area contributed by atoms with Crippen LogP contribution in [0.25, 0.3) is 0 Å². The Labute approximate surface area is 67.3 Å². The maximum atomic E-state index is 10.0. The number of rotatable bonds is 2. The third kappa shape index (κ3) is 2.89. The van der Waals surface area contributed by atoms with E-state index in [9.17, 15) is 4.79 Å². The number of nitrogens with zero attached hydrogens (tertiary/aromatic N) is 1. The van der Waals surface area contributed by atoms with Gasteiger partial charge in [-0.1, -0.05) is 0 Å². The molecular formula is C8H15NO2. The zero-order valence-electron chi connectivity index (χ0n) is 6.95. The molecule has 3 heteroatoms. The highest BCUT2D eigenvalue weighted by atomic mass is 16.5. The highest BCUT2D eigenvalue weighted by Crippen LogP contribution is 2.11. The number of hydrogen-bond donors (Lipinski definition) is 0. The molecule has 11 heavy (non-hydrogen) atoms. The Kier molecular flexibility index (Phi) is 3.36. The maximum absolute atomic E-state index is 10.0. The number of carbonyl (C=O) groups is 1. The molecule has 0 bridgehead atoms. The van der Waals surface area contributed by atoms with Crippen LogP contribution < -0.4 is 0 Å². The van der Waals surface area contributed by atoms with Gasteiger partial charge in [0.15, 0.2) is 0 Å². The van der Waals surface area contributed by atoms with Gasteiger partial charge in [0.1, 0.15) is 6.10 Å². The van der Waals surface area contributed by atoms with E-state index in [2.05, 4.69) is 11.9 Å². The number of hydrogen-bond acceptors (Lipinski definition) is 3. The van der Waals surface area contributed by atoms with Crippen molar-refractivity contribution in [3.05, 3.63) is 0 Å². The zero-order chi connectivity index (χ0) is 8.10. The van der Waals surface area contributed by atoms with E-state index in [1.54, 1.807) is 0 Å². The minimum atomic E-state index is 0.164. The summed E-state index contributed by atoms with van der Waals surface area (Å²) in [5, 5.41) is 0. The van der Waals surface area contributed by atoms with Crippen molar-refractivity contribution in [3.8, 4) is 0 Å². The third-order valence-electron chi connectivity index (χ3n) is 2.15. The van der Waals surface area contributed by atoms with E-state index in [0.717, 1.165) is 32.4 Å². The fourth-order valence-electron chi connectivity index (χ4n) is 1.42. The zero-order valence-corrected chi connectivity index (χ0v) is 6.95. The van der Waals surface area contributed by atoms with Gasteiger partial charge in [-0.2, -0.15) is 0 Å². The number of carbonyl (C=O) groups excluding carboxylic acids is 1. The van der Waals surface area contributed by atoms with Crippen molar-refractivity contribution in [2.75, 3.05) is 20.1 Å². The van der Waals surface area contributed by atoms with Crippen LogP contribution >= 0.6 is 0 Å². The minimum absolute atomic E-state index is 0.164. The van der Waals surface area contributed by atoms with Gasteiger partial charge in [-0.3, -0.25) is 4.79 Å². The predicted molar refractivity (Wildman–Crippen MR) is 42.3 cm³/mol. The lowest BCUT2D eigenvalue weighted by Crippen LogP contribution is -2.20. The lowest BCUT2D eigenvalue weighted by Gasteiger charge is -2.12. The van der Waals surface area contributed by atoms with E-state index in [1.165, 1.54) is 0 Å². The second-order valence-electron chi connectivity index (χ2n) is 3.09. The summed E-state index contributed by atoms with van der Waals surface area (Å²) in [7, 11) is 2.10. The van der Waals surface area contributed by atoms with Crippen LogP contribution in [0.1, 0.15) is 19.3 Å². The van der Waals surface area contributed by atoms with Gasteiger partial charge in [0.05, 0.1) is 0 Å². The van der Waals surface area contributed by atoms with Crippen LogP contribution in [0, 0.1) is 0 Å². The Hall–Kier alpha value is -0.570. The van der Waals surface area contributed by atoms with Crippen LogP contribution in [0.15, 0.2) is 0 Å². The van der Waals surface area contributed by atoms with Gasteiger partial charge in [0, 0.05) is 6.54 Å². The van der Waals surface area contributed by atoms with Crippen molar-refractivity contribution in [3.63, 3.8) is 0 Å². The second kappa shape index (κ2) is 4.34. The van der Waals surface area contributed by atoms with Crippen molar-refractivity contribution in [2.45, 2.75) is 25.4 Å². The van der Waals surface area contributed by atoms with Gasteiger partial charge in [0.2, 0.25) is 0 Å². The summed E-state index contributed by atoms with van der Waals surface area (Å²) in [6, 6.07) is 0. The molecule has 0 saturated carbocycles. The Morgan fingerprint density at radius 3 is 3.00 bits per heavy atom. The van der Waals surface area contributed by atoms with E-state index >= 15 is 0 Å². The first kappa shape index (κ1) is 8.53. The molecule has 1 saturated heterocycles. The average Bonchev–Trinajstić information content (AvgIpc) is 2.17. The average molecular weight is 157 g/mol. The second-order valence-corrected chi connectivity index (χ2v) is 3.09. The summed E-state index contributed by atoms with van der Waals surface area (Å²) in [6.07, 6.45) is 3.30. The SMILES string of the molecule is CN1CCC[C@@H](OC=O)CC1. The molecule has 1 aliphatic heterocycles. The minimum Gasteiger partial charge on any atom is -0.465 e. The van der Waals surface area contributed by atoms with Crippen LogP contribution in [0.2, 0.25) is 0 Å². The van der Waals surface area contributed by atoms with Crippen LogP contribution in [0.4, 0.5) is 0 Å². The summed E-state index contributed by atoms with van der Waals surface area (Å²) < 4.78 is 4.90.